The third kappa shape index (κ3) is 5.65. The Morgan fingerprint density at radius 3 is 1.41 bits per heavy atom. The minimum absolute atomic E-state index is 0.547. The van der Waals surface area contributed by atoms with Gasteiger partial charge in [-0.25, -0.2) is 0 Å². The lowest BCUT2D eigenvalue weighted by Crippen LogP contribution is -2.51. The first-order chi connectivity index (χ1) is 15.8. The molecule has 4 heteroatoms. The van der Waals surface area contributed by atoms with E-state index in [1.807, 2.05) is 0 Å². The third-order valence-corrected chi connectivity index (χ3v) is 20.5. The Kier molecular flexibility index (Phi) is 10.1. The standard InChI is InChI=1S/C30H52O2Si2/c1-21(2)33(22(3)4,23(5)6)31-18-17-29-19-27-15-13-14-16-28(27)20-30(29)32-34(24(7)8,25(9)10)26(11)12/h13-16,19-26H,17-18H2,1-12H3. The molecular weight excluding hydrogens is 449 g/mol. The maximum Gasteiger partial charge on any atom is 0.258 e. The van der Waals surface area contributed by atoms with Crippen molar-refractivity contribution < 1.29 is 8.85 Å². The van der Waals surface area contributed by atoms with Gasteiger partial charge in [-0.3, -0.25) is 0 Å². The summed E-state index contributed by atoms with van der Waals surface area (Å²) in [7, 11) is -3.93. The lowest BCUT2D eigenvalue weighted by Gasteiger charge is -2.43. The highest BCUT2D eigenvalue weighted by Gasteiger charge is 2.47. The summed E-state index contributed by atoms with van der Waals surface area (Å²) in [5, 5.41) is 2.55. The van der Waals surface area contributed by atoms with E-state index < -0.39 is 16.6 Å². The van der Waals surface area contributed by atoms with Crippen molar-refractivity contribution in [3.63, 3.8) is 0 Å². The highest BCUT2D eigenvalue weighted by Crippen LogP contribution is 2.45. The van der Waals surface area contributed by atoms with Gasteiger partial charge >= 0.3 is 0 Å². The van der Waals surface area contributed by atoms with Crippen LogP contribution in [0.15, 0.2) is 36.4 Å². The second-order valence-electron chi connectivity index (χ2n) is 12.1. The second kappa shape index (κ2) is 11.8. The Bertz CT molecular complexity index is 872. The van der Waals surface area contributed by atoms with E-state index >= 15 is 0 Å². The molecule has 0 aliphatic heterocycles. The van der Waals surface area contributed by atoms with Gasteiger partial charge < -0.3 is 8.85 Å². The Morgan fingerprint density at radius 1 is 0.588 bits per heavy atom. The quantitative estimate of drug-likeness (QED) is 0.270. The average molecular weight is 501 g/mol. The fourth-order valence-electron chi connectivity index (χ4n) is 6.94. The van der Waals surface area contributed by atoms with Gasteiger partial charge in [0.05, 0.1) is 0 Å². The van der Waals surface area contributed by atoms with Gasteiger partial charge in [-0.2, -0.15) is 0 Å². The van der Waals surface area contributed by atoms with Gasteiger partial charge in [-0.05, 0) is 68.1 Å². The predicted octanol–water partition coefficient (Wildman–Crippen LogP) is 10.1. The van der Waals surface area contributed by atoms with Crippen LogP contribution in [0, 0.1) is 0 Å². The van der Waals surface area contributed by atoms with E-state index in [4.69, 9.17) is 8.85 Å². The monoisotopic (exact) mass is 500 g/mol. The Morgan fingerprint density at radius 2 is 1.00 bits per heavy atom. The highest BCUT2D eigenvalue weighted by molar-refractivity contribution is 6.78. The van der Waals surface area contributed by atoms with Gasteiger partial charge in [0.25, 0.3) is 8.32 Å². The smallest absolute Gasteiger partial charge is 0.258 e. The van der Waals surface area contributed by atoms with Gasteiger partial charge in [0.1, 0.15) is 5.75 Å². The first-order valence-electron chi connectivity index (χ1n) is 13.6. The van der Waals surface area contributed by atoms with Crippen LogP contribution in [0.5, 0.6) is 5.75 Å². The first kappa shape index (κ1) is 29.1. The van der Waals surface area contributed by atoms with E-state index in [0.717, 1.165) is 18.8 Å². The molecule has 0 saturated heterocycles. The predicted molar refractivity (Wildman–Crippen MR) is 156 cm³/mol. The van der Waals surface area contributed by atoms with Crippen LogP contribution in [-0.2, 0) is 10.8 Å². The van der Waals surface area contributed by atoms with E-state index in [1.165, 1.54) is 16.3 Å². The molecule has 2 rings (SSSR count). The molecule has 0 saturated carbocycles. The maximum absolute atomic E-state index is 7.25. The van der Waals surface area contributed by atoms with Crippen molar-refractivity contribution in [2.45, 2.75) is 123 Å². The van der Waals surface area contributed by atoms with E-state index in [9.17, 15) is 0 Å². The molecule has 0 aliphatic rings. The molecule has 0 amide bonds. The van der Waals surface area contributed by atoms with Crippen LogP contribution < -0.4 is 4.43 Å². The number of rotatable bonds is 12. The number of fused-ring (bicyclic) bond motifs is 1. The minimum atomic E-state index is -2.05. The van der Waals surface area contributed by atoms with Crippen LogP contribution in [0.2, 0.25) is 33.2 Å². The van der Waals surface area contributed by atoms with E-state index in [0.29, 0.717) is 33.2 Å². The van der Waals surface area contributed by atoms with Crippen molar-refractivity contribution in [1.29, 1.82) is 0 Å². The van der Waals surface area contributed by atoms with Gasteiger partial charge in [-0.1, -0.05) is 107 Å². The molecule has 0 radical (unpaired) electrons. The number of hydrogen-bond acceptors (Lipinski definition) is 2. The van der Waals surface area contributed by atoms with E-state index in [-0.39, 0.29) is 0 Å². The van der Waals surface area contributed by atoms with E-state index in [1.54, 1.807) is 0 Å². The molecule has 0 fully saturated rings. The summed E-state index contributed by atoms with van der Waals surface area (Å²) in [4.78, 5) is 0. The molecule has 0 aromatic heterocycles. The Balaban J connectivity index is 2.49. The van der Waals surface area contributed by atoms with Gasteiger partial charge in [0.2, 0.25) is 0 Å². The molecule has 0 aliphatic carbocycles. The molecule has 0 heterocycles. The molecule has 0 spiro atoms. The average Bonchev–Trinajstić information content (AvgIpc) is 2.73. The summed E-state index contributed by atoms with van der Waals surface area (Å²) in [6.45, 7) is 29.2. The fourth-order valence-corrected chi connectivity index (χ4v) is 17.7. The first-order valence-corrected chi connectivity index (χ1v) is 17.9. The molecule has 0 atom stereocenters. The molecule has 2 aromatic rings. The van der Waals surface area contributed by atoms with Crippen LogP contribution in [0.3, 0.4) is 0 Å². The van der Waals surface area contributed by atoms with Gasteiger partial charge in [0, 0.05) is 6.61 Å². The van der Waals surface area contributed by atoms with E-state index in [2.05, 4.69) is 119 Å². The Hall–Kier alpha value is -1.11. The van der Waals surface area contributed by atoms with Gasteiger partial charge in [0.15, 0.2) is 8.32 Å². The van der Waals surface area contributed by atoms with Crippen molar-refractivity contribution in [1.82, 2.24) is 0 Å². The van der Waals surface area contributed by atoms with Gasteiger partial charge in [-0.15, -0.1) is 0 Å². The van der Waals surface area contributed by atoms with Crippen molar-refractivity contribution in [3.05, 3.63) is 42.0 Å². The summed E-state index contributed by atoms with van der Waals surface area (Å²) in [5.74, 6) is 1.09. The lowest BCUT2D eigenvalue weighted by atomic mass is 10.0. The van der Waals surface area contributed by atoms with Crippen molar-refractivity contribution >= 4 is 27.4 Å². The topological polar surface area (TPSA) is 18.5 Å². The molecule has 0 bridgehead atoms. The molecule has 0 unspecified atom stereocenters. The molecule has 2 nitrogen and oxygen atoms in total. The zero-order valence-corrected chi connectivity index (χ0v) is 26.2. The molecule has 192 valence electrons. The largest absolute Gasteiger partial charge is 0.542 e. The van der Waals surface area contributed by atoms with Crippen LogP contribution in [-0.4, -0.2) is 23.2 Å². The molecule has 2 aromatic carbocycles. The zero-order chi connectivity index (χ0) is 25.8. The second-order valence-corrected chi connectivity index (χ2v) is 23.0. The highest BCUT2D eigenvalue weighted by atomic mass is 28.4. The summed E-state index contributed by atoms with van der Waals surface area (Å²) in [5.41, 5.74) is 4.74. The summed E-state index contributed by atoms with van der Waals surface area (Å²) in [6, 6.07) is 13.3. The number of hydrogen-bond donors (Lipinski definition) is 0. The SMILES string of the molecule is CC(C)[Si](OCCc1cc2ccccc2cc1O[Si](C(C)C)(C(C)C)C(C)C)(C(C)C)C(C)C. The van der Waals surface area contributed by atoms with Crippen LogP contribution >= 0.6 is 0 Å². The number of benzene rings is 2. The summed E-state index contributed by atoms with van der Waals surface area (Å²) in [6.07, 6.45) is 0.903. The molecular formula is C30H52O2Si2. The summed E-state index contributed by atoms with van der Waals surface area (Å²) < 4.78 is 14.2. The fraction of sp³-hybridized carbons (Fsp3) is 0.667. The van der Waals surface area contributed by atoms with Crippen molar-refractivity contribution in [2.75, 3.05) is 6.61 Å². The maximum atomic E-state index is 7.25. The van der Waals surface area contributed by atoms with Crippen LogP contribution in [0.25, 0.3) is 10.8 Å². The summed E-state index contributed by atoms with van der Waals surface area (Å²) >= 11 is 0. The minimum Gasteiger partial charge on any atom is -0.542 e. The van der Waals surface area contributed by atoms with Crippen molar-refractivity contribution in [2.24, 2.45) is 0 Å². The van der Waals surface area contributed by atoms with Crippen LogP contribution in [0.4, 0.5) is 0 Å². The molecule has 0 N–H and O–H groups in total. The lowest BCUT2D eigenvalue weighted by molar-refractivity contribution is 0.280. The zero-order valence-electron chi connectivity index (χ0n) is 24.2. The van der Waals surface area contributed by atoms with Crippen LogP contribution in [0.1, 0.15) is 88.6 Å². The van der Waals surface area contributed by atoms with Crippen molar-refractivity contribution in [3.8, 4) is 5.75 Å². The Labute approximate surface area is 213 Å². The third-order valence-electron chi connectivity index (χ3n) is 8.35. The molecule has 34 heavy (non-hydrogen) atoms. The normalized spacial score (nSPS) is 13.5.